The first kappa shape index (κ1) is 14.9. The van der Waals surface area contributed by atoms with Crippen LogP contribution < -0.4 is 0 Å². The van der Waals surface area contributed by atoms with Crippen LogP contribution in [0.2, 0.25) is 0 Å². The quantitative estimate of drug-likeness (QED) is 0.638. The maximum atomic E-state index is 13.7. The number of hydrogen-bond donors (Lipinski definition) is 0. The molecule has 2 atom stereocenters. The summed E-state index contributed by atoms with van der Waals surface area (Å²) >= 11 is 0. The van der Waals surface area contributed by atoms with Gasteiger partial charge in [0.15, 0.2) is 0 Å². The fourth-order valence-corrected chi connectivity index (χ4v) is 2.45. The van der Waals surface area contributed by atoms with Gasteiger partial charge in [-0.05, 0) is 42.6 Å². The third kappa shape index (κ3) is 3.14. The molecular weight excluding hydrogens is 261 g/mol. The Morgan fingerprint density at radius 3 is 2.55 bits per heavy atom. The van der Waals surface area contributed by atoms with Crippen LogP contribution in [0, 0.1) is 11.8 Å². The number of alkyl halides is 2. The predicted octanol–water partition coefficient (Wildman–Crippen LogP) is 5.52. The smallest absolute Gasteiger partial charge is 0.211 e. The monoisotopic (exact) mass is 280 g/mol. The second-order valence-electron chi connectivity index (χ2n) is 5.64. The van der Waals surface area contributed by atoms with Gasteiger partial charge < -0.3 is 0 Å². The van der Waals surface area contributed by atoms with Crippen molar-refractivity contribution in [2.45, 2.75) is 32.6 Å². The molecule has 0 fully saturated rings. The van der Waals surface area contributed by atoms with E-state index in [1.807, 2.05) is 19.1 Å². The first-order valence-corrected chi connectivity index (χ1v) is 6.81. The molecule has 0 aromatic rings. The molecule has 0 aromatic carbocycles. The highest BCUT2D eigenvalue weighted by molar-refractivity contribution is 5.52. The molecule has 0 spiro atoms. The second kappa shape index (κ2) is 5.47. The lowest BCUT2D eigenvalue weighted by Gasteiger charge is -2.26. The largest absolute Gasteiger partial charge is 0.251 e. The van der Waals surface area contributed by atoms with Crippen molar-refractivity contribution < 1.29 is 13.2 Å². The van der Waals surface area contributed by atoms with Gasteiger partial charge in [-0.3, -0.25) is 0 Å². The van der Waals surface area contributed by atoms with Gasteiger partial charge in [-0.15, -0.1) is 0 Å². The van der Waals surface area contributed by atoms with Crippen molar-refractivity contribution in [3.8, 4) is 0 Å². The highest BCUT2D eigenvalue weighted by Gasteiger charge is 2.34. The Labute approximate surface area is 118 Å². The molecule has 108 valence electrons. The van der Waals surface area contributed by atoms with E-state index in [0.29, 0.717) is 17.6 Å². The Morgan fingerprint density at radius 1 is 1.30 bits per heavy atom. The van der Waals surface area contributed by atoms with Gasteiger partial charge in [0.2, 0.25) is 0 Å². The number of halogens is 3. The van der Waals surface area contributed by atoms with E-state index in [-0.39, 0.29) is 18.2 Å². The summed E-state index contributed by atoms with van der Waals surface area (Å²) in [5.41, 5.74) is 2.12. The third-order valence-corrected chi connectivity index (χ3v) is 3.88. The lowest BCUT2D eigenvalue weighted by atomic mass is 9.82. The molecule has 0 N–H and O–H groups in total. The average molecular weight is 280 g/mol. The Hall–Kier alpha value is -1.51. The zero-order chi connectivity index (χ0) is 14.9. The van der Waals surface area contributed by atoms with Crippen LogP contribution in [0.25, 0.3) is 0 Å². The van der Waals surface area contributed by atoms with Crippen LogP contribution in [0.1, 0.15) is 26.7 Å². The van der Waals surface area contributed by atoms with E-state index in [0.717, 1.165) is 12.5 Å². The molecule has 0 heterocycles. The summed E-state index contributed by atoms with van der Waals surface area (Å²) in [5, 5.41) is 0. The first-order valence-electron chi connectivity index (χ1n) is 6.81. The van der Waals surface area contributed by atoms with Gasteiger partial charge in [-0.2, -0.15) is 0 Å². The third-order valence-electron chi connectivity index (χ3n) is 3.88. The van der Waals surface area contributed by atoms with Crippen LogP contribution >= 0.6 is 0 Å². The van der Waals surface area contributed by atoms with Crippen molar-refractivity contribution in [1.82, 2.24) is 0 Å². The van der Waals surface area contributed by atoms with Crippen molar-refractivity contribution in [3.63, 3.8) is 0 Å². The Balaban J connectivity index is 2.36. The molecule has 0 amide bonds. The molecule has 0 saturated carbocycles. The molecule has 20 heavy (non-hydrogen) atoms. The molecule has 0 aromatic heterocycles. The van der Waals surface area contributed by atoms with Crippen LogP contribution in [-0.4, -0.2) is 5.92 Å². The van der Waals surface area contributed by atoms with E-state index in [9.17, 15) is 13.2 Å². The van der Waals surface area contributed by atoms with E-state index >= 15 is 0 Å². The van der Waals surface area contributed by atoms with Crippen molar-refractivity contribution in [2.75, 3.05) is 0 Å². The van der Waals surface area contributed by atoms with Crippen LogP contribution in [0.5, 0.6) is 0 Å². The van der Waals surface area contributed by atoms with Gasteiger partial charge >= 0.3 is 0 Å². The standard InChI is InChI=1S/C17H19F3/c1-4-12-7-14(9-15(8-12)17(3,19)20)13-6-5-11(2)16(18)10-13/h4,6-7,9-11,15H,1,5,8H2,2-3H3. The van der Waals surface area contributed by atoms with Crippen LogP contribution in [-0.2, 0) is 0 Å². The molecule has 2 unspecified atom stereocenters. The lowest BCUT2D eigenvalue weighted by Crippen LogP contribution is -2.25. The minimum atomic E-state index is -2.79. The SMILES string of the molecule is C=CC1=CC(C2=CCC(C)C(F)=C2)=CC(C(C)(F)F)C1. The molecule has 2 rings (SSSR count). The molecule has 0 aliphatic heterocycles. The van der Waals surface area contributed by atoms with Crippen LogP contribution in [0.15, 0.2) is 59.5 Å². The van der Waals surface area contributed by atoms with Crippen LogP contribution in [0.4, 0.5) is 13.2 Å². The van der Waals surface area contributed by atoms with E-state index in [1.165, 1.54) is 6.08 Å². The molecule has 3 heteroatoms. The fourth-order valence-electron chi connectivity index (χ4n) is 2.45. The highest BCUT2D eigenvalue weighted by Crippen LogP contribution is 2.38. The van der Waals surface area contributed by atoms with Gasteiger partial charge in [0.1, 0.15) is 5.83 Å². The fraction of sp³-hybridized carbons (Fsp3) is 0.412. The molecule has 0 bridgehead atoms. The summed E-state index contributed by atoms with van der Waals surface area (Å²) in [4.78, 5) is 0. The Morgan fingerprint density at radius 2 is 2.00 bits per heavy atom. The number of hydrogen-bond acceptors (Lipinski definition) is 0. The predicted molar refractivity (Wildman–Crippen MR) is 76.1 cm³/mol. The molecule has 0 radical (unpaired) electrons. The van der Waals surface area contributed by atoms with Gasteiger partial charge in [0.25, 0.3) is 5.92 Å². The Bertz CT molecular complexity index is 527. The summed E-state index contributed by atoms with van der Waals surface area (Å²) < 4.78 is 40.9. The Kier molecular flexibility index (Phi) is 4.07. The van der Waals surface area contributed by atoms with E-state index in [4.69, 9.17) is 0 Å². The maximum Gasteiger partial charge on any atom is 0.251 e. The van der Waals surface area contributed by atoms with Crippen molar-refractivity contribution in [3.05, 3.63) is 59.5 Å². The molecular formula is C17H19F3. The average Bonchev–Trinajstić information content (AvgIpc) is 2.40. The number of rotatable bonds is 3. The van der Waals surface area contributed by atoms with Gasteiger partial charge in [0, 0.05) is 11.8 Å². The normalized spacial score (nSPS) is 27.2. The second-order valence-corrected chi connectivity index (χ2v) is 5.64. The first-order chi connectivity index (χ1) is 9.31. The molecule has 2 aliphatic carbocycles. The summed E-state index contributed by atoms with van der Waals surface area (Å²) in [6.07, 6.45) is 9.20. The molecule has 2 aliphatic rings. The van der Waals surface area contributed by atoms with Gasteiger partial charge in [-0.1, -0.05) is 37.8 Å². The minimum Gasteiger partial charge on any atom is -0.211 e. The van der Waals surface area contributed by atoms with Crippen LogP contribution in [0.3, 0.4) is 0 Å². The molecule has 0 saturated heterocycles. The van der Waals surface area contributed by atoms with Gasteiger partial charge in [-0.25, -0.2) is 13.2 Å². The highest BCUT2D eigenvalue weighted by atomic mass is 19.3. The van der Waals surface area contributed by atoms with Gasteiger partial charge in [0.05, 0.1) is 0 Å². The zero-order valence-corrected chi connectivity index (χ0v) is 11.8. The number of allylic oxidation sites excluding steroid dienone is 9. The summed E-state index contributed by atoms with van der Waals surface area (Å²) in [6.45, 7) is 6.39. The summed E-state index contributed by atoms with van der Waals surface area (Å²) in [7, 11) is 0. The van der Waals surface area contributed by atoms with Crippen molar-refractivity contribution >= 4 is 0 Å². The van der Waals surface area contributed by atoms with E-state index in [1.54, 1.807) is 12.2 Å². The van der Waals surface area contributed by atoms with E-state index < -0.39 is 11.8 Å². The van der Waals surface area contributed by atoms with E-state index in [2.05, 4.69) is 6.58 Å². The van der Waals surface area contributed by atoms with Crippen molar-refractivity contribution in [2.24, 2.45) is 11.8 Å². The lowest BCUT2D eigenvalue weighted by molar-refractivity contribution is -0.0210. The zero-order valence-electron chi connectivity index (χ0n) is 11.8. The van der Waals surface area contributed by atoms with Crippen molar-refractivity contribution in [1.29, 1.82) is 0 Å². The summed E-state index contributed by atoms with van der Waals surface area (Å²) in [5.74, 6) is -3.98. The molecule has 0 nitrogen and oxygen atoms in total. The topological polar surface area (TPSA) is 0 Å². The minimum absolute atomic E-state index is 0.130. The summed E-state index contributed by atoms with van der Waals surface area (Å²) in [6, 6.07) is 0. The maximum absolute atomic E-state index is 13.7.